The summed E-state index contributed by atoms with van der Waals surface area (Å²) in [5.41, 5.74) is 0. The molecule has 0 unspecified atom stereocenters. The lowest BCUT2D eigenvalue weighted by Gasteiger charge is -2.21. The van der Waals surface area contributed by atoms with Crippen LogP contribution in [-0.4, -0.2) is 21.0 Å². The Morgan fingerprint density at radius 1 is 1.46 bits per heavy atom. The van der Waals surface area contributed by atoms with Gasteiger partial charge in [-0.1, -0.05) is 6.42 Å². The van der Waals surface area contributed by atoms with Crippen LogP contribution in [0.2, 0.25) is 0 Å². The summed E-state index contributed by atoms with van der Waals surface area (Å²) in [5, 5.41) is 0. The molecule has 0 N–H and O–H groups in total. The third-order valence-corrected chi connectivity index (χ3v) is 4.09. The van der Waals surface area contributed by atoms with Gasteiger partial charge < -0.3 is 0 Å². The van der Waals surface area contributed by atoms with E-state index in [0.29, 0.717) is 11.8 Å². The third-order valence-electron chi connectivity index (χ3n) is 2.34. The summed E-state index contributed by atoms with van der Waals surface area (Å²) in [6, 6.07) is 0. The Bertz CT molecular complexity index is 213. The number of nitrogens with zero attached hydrogens (tertiary/aromatic N) is 1. The van der Waals surface area contributed by atoms with Crippen LogP contribution in [0.15, 0.2) is 4.99 Å². The van der Waals surface area contributed by atoms with Gasteiger partial charge in [-0.25, -0.2) is 0 Å². The van der Waals surface area contributed by atoms with Crippen LogP contribution in [0.1, 0.15) is 40.0 Å². The number of hydrogen-bond donors (Lipinski definition) is 0. The van der Waals surface area contributed by atoms with Crippen molar-refractivity contribution in [1.29, 1.82) is 0 Å². The number of hydrogen-bond acceptors (Lipinski definition) is 2. The SMILES string of the molecule is CC(C)(C)[S@](=O)CN=CC1CCC1. The standard InChI is InChI=1S/C10H19NOS/c1-10(2,3)13(12)8-11-7-9-5-4-6-9/h7,9H,4-6,8H2,1-3H3/t13-/m1/s1. The zero-order valence-corrected chi connectivity index (χ0v) is 9.56. The first-order chi connectivity index (χ1) is 6.00. The van der Waals surface area contributed by atoms with E-state index in [-0.39, 0.29) is 4.75 Å². The molecule has 0 aromatic carbocycles. The maximum Gasteiger partial charge on any atom is 0.114 e. The summed E-state index contributed by atoms with van der Waals surface area (Å²) in [6.07, 6.45) is 5.86. The predicted molar refractivity (Wildman–Crippen MR) is 58.6 cm³/mol. The summed E-state index contributed by atoms with van der Waals surface area (Å²) in [7, 11) is -0.830. The van der Waals surface area contributed by atoms with E-state index in [4.69, 9.17) is 0 Å². The van der Waals surface area contributed by atoms with E-state index < -0.39 is 10.8 Å². The fourth-order valence-corrected chi connectivity index (χ4v) is 1.65. The molecular formula is C10H19NOS. The first kappa shape index (κ1) is 10.9. The van der Waals surface area contributed by atoms with E-state index in [1.54, 1.807) is 0 Å². The fraction of sp³-hybridized carbons (Fsp3) is 0.900. The van der Waals surface area contributed by atoms with Gasteiger partial charge in [0.05, 0.1) is 0 Å². The molecule has 0 aliphatic heterocycles. The van der Waals surface area contributed by atoms with Crippen LogP contribution in [0.25, 0.3) is 0 Å². The van der Waals surface area contributed by atoms with Crippen molar-refractivity contribution in [2.24, 2.45) is 10.9 Å². The molecular weight excluding hydrogens is 182 g/mol. The molecule has 1 saturated carbocycles. The van der Waals surface area contributed by atoms with Crippen molar-refractivity contribution in [1.82, 2.24) is 0 Å². The third kappa shape index (κ3) is 3.59. The van der Waals surface area contributed by atoms with Crippen LogP contribution in [0.4, 0.5) is 0 Å². The smallest absolute Gasteiger partial charge is 0.114 e. The largest absolute Gasteiger partial charge is 0.284 e. The van der Waals surface area contributed by atoms with Crippen molar-refractivity contribution >= 4 is 17.0 Å². The Labute approximate surface area is 83.3 Å². The molecule has 0 saturated heterocycles. The summed E-state index contributed by atoms with van der Waals surface area (Å²) >= 11 is 0. The van der Waals surface area contributed by atoms with Crippen LogP contribution in [0.5, 0.6) is 0 Å². The van der Waals surface area contributed by atoms with Gasteiger partial charge in [0.1, 0.15) is 5.88 Å². The van der Waals surface area contributed by atoms with Crippen LogP contribution in [0, 0.1) is 5.92 Å². The number of aliphatic imine (C=N–C) groups is 1. The van der Waals surface area contributed by atoms with Gasteiger partial charge in [-0.2, -0.15) is 0 Å². The molecule has 1 aliphatic rings. The summed E-state index contributed by atoms with van der Waals surface area (Å²) in [6.45, 7) is 5.96. The Morgan fingerprint density at radius 2 is 2.08 bits per heavy atom. The molecule has 1 rings (SSSR count). The van der Waals surface area contributed by atoms with E-state index in [0.717, 1.165) is 0 Å². The highest BCUT2D eigenvalue weighted by molar-refractivity contribution is 7.86. The Morgan fingerprint density at radius 3 is 2.46 bits per heavy atom. The van der Waals surface area contributed by atoms with Gasteiger partial charge >= 0.3 is 0 Å². The zero-order chi connectivity index (χ0) is 9.90. The molecule has 0 amide bonds. The van der Waals surface area contributed by atoms with Crippen molar-refractivity contribution in [3.05, 3.63) is 0 Å². The molecule has 0 radical (unpaired) electrons. The maximum atomic E-state index is 11.5. The first-order valence-electron chi connectivity index (χ1n) is 4.88. The van der Waals surface area contributed by atoms with Gasteiger partial charge in [0.15, 0.2) is 0 Å². The molecule has 0 bridgehead atoms. The van der Waals surface area contributed by atoms with E-state index in [1.807, 2.05) is 27.0 Å². The lowest BCUT2D eigenvalue weighted by Crippen LogP contribution is -2.23. The minimum atomic E-state index is -0.830. The Balaban J connectivity index is 2.25. The van der Waals surface area contributed by atoms with Crippen LogP contribution >= 0.6 is 0 Å². The average molecular weight is 201 g/mol. The van der Waals surface area contributed by atoms with Gasteiger partial charge in [-0.05, 0) is 39.5 Å². The lowest BCUT2D eigenvalue weighted by atomic mass is 9.87. The molecule has 0 heterocycles. The summed E-state index contributed by atoms with van der Waals surface area (Å²) in [5.74, 6) is 1.15. The van der Waals surface area contributed by atoms with Crippen molar-refractivity contribution in [2.45, 2.75) is 44.8 Å². The molecule has 0 spiro atoms. The minimum Gasteiger partial charge on any atom is -0.284 e. The topological polar surface area (TPSA) is 29.4 Å². The lowest BCUT2D eigenvalue weighted by molar-refractivity contribution is 0.420. The van der Waals surface area contributed by atoms with Crippen LogP contribution in [0.3, 0.4) is 0 Å². The van der Waals surface area contributed by atoms with Crippen LogP contribution < -0.4 is 0 Å². The van der Waals surface area contributed by atoms with Gasteiger partial charge in [0, 0.05) is 21.8 Å². The highest BCUT2D eigenvalue weighted by Gasteiger charge is 2.19. The molecule has 2 nitrogen and oxygen atoms in total. The van der Waals surface area contributed by atoms with Crippen molar-refractivity contribution in [2.75, 3.05) is 5.88 Å². The van der Waals surface area contributed by atoms with Crippen molar-refractivity contribution in [3.8, 4) is 0 Å². The van der Waals surface area contributed by atoms with E-state index in [9.17, 15) is 4.21 Å². The van der Waals surface area contributed by atoms with Gasteiger partial charge in [-0.15, -0.1) is 0 Å². The average Bonchev–Trinajstić information content (AvgIpc) is 1.91. The van der Waals surface area contributed by atoms with Crippen molar-refractivity contribution in [3.63, 3.8) is 0 Å². The highest BCUT2D eigenvalue weighted by Crippen LogP contribution is 2.24. The predicted octanol–water partition coefficient (Wildman–Crippen LogP) is 2.36. The van der Waals surface area contributed by atoms with Crippen LogP contribution in [-0.2, 0) is 10.8 Å². The maximum absolute atomic E-state index is 11.5. The second-order valence-electron chi connectivity index (χ2n) is 4.61. The van der Waals surface area contributed by atoms with Crippen molar-refractivity contribution < 1.29 is 4.21 Å². The molecule has 3 heteroatoms. The molecule has 1 aliphatic carbocycles. The molecule has 76 valence electrons. The normalized spacial score (nSPS) is 21.8. The minimum absolute atomic E-state index is 0.128. The summed E-state index contributed by atoms with van der Waals surface area (Å²) < 4.78 is 11.4. The quantitative estimate of drug-likeness (QED) is 0.645. The van der Waals surface area contributed by atoms with E-state index in [2.05, 4.69) is 4.99 Å². The zero-order valence-electron chi connectivity index (χ0n) is 8.75. The Hall–Kier alpha value is -0.180. The molecule has 1 atom stereocenters. The van der Waals surface area contributed by atoms with E-state index >= 15 is 0 Å². The van der Waals surface area contributed by atoms with E-state index in [1.165, 1.54) is 19.3 Å². The Kier molecular flexibility index (Phi) is 3.65. The highest BCUT2D eigenvalue weighted by atomic mass is 32.2. The second-order valence-corrected chi connectivity index (χ2v) is 6.78. The fourth-order valence-electron chi connectivity index (χ4n) is 1.04. The number of rotatable bonds is 3. The second kappa shape index (κ2) is 4.36. The molecule has 1 fully saturated rings. The van der Waals surface area contributed by atoms with Gasteiger partial charge in [0.2, 0.25) is 0 Å². The monoisotopic (exact) mass is 201 g/mol. The molecule has 0 aromatic rings. The van der Waals surface area contributed by atoms with Gasteiger partial charge in [-0.3, -0.25) is 9.20 Å². The molecule has 0 aromatic heterocycles. The summed E-state index contributed by atoms with van der Waals surface area (Å²) in [4.78, 5) is 4.23. The van der Waals surface area contributed by atoms with Gasteiger partial charge in [0.25, 0.3) is 0 Å². The first-order valence-corrected chi connectivity index (χ1v) is 6.20. The molecule has 13 heavy (non-hydrogen) atoms.